The van der Waals surface area contributed by atoms with Gasteiger partial charge < -0.3 is 10.4 Å². The molecule has 0 unspecified atom stereocenters. The van der Waals surface area contributed by atoms with Crippen LogP contribution in [-0.2, 0) is 9.59 Å². The van der Waals surface area contributed by atoms with E-state index in [1.807, 2.05) is 4.90 Å². The van der Waals surface area contributed by atoms with Crippen LogP contribution in [0.4, 0.5) is 10.1 Å². The number of carboxylic acids is 1. The van der Waals surface area contributed by atoms with Crippen molar-refractivity contribution < 1.29 is 19.1 Å². The molecule has 0 aromatic heterocycles. The summed E-state index contributed by atoms with van der Waals surface area (Å²) in [6, 6.07) is 5.58. The molecular weight excluding hydrogens is 275 g/mol. The molecule has 5 nitrogen and oxygen atoms in total. The predicted molar refractivity (Wildman–Crippen MR) is 76.4 cm³/mol. The first-order valence-electron chi connectivity index (χ1n) is 6.90. The molecule has 6 heteroatoms. The average Bonchev–Trinajstić information content (AvgIpc) is 2.44. The molecule has 2 rings (SSSR count). The maximum atomic E-state index is 12.8. The maximum absolute atomic E-state index is 12.8. The Morgan fingerprint density at radius 2 is 1.86 bits per heavy atom. The van der Waals surface area contributed by atoms with Gasteiger partial charge in [-0.3, -0.25) is 14.5 Å². The van der Waals surface area contributed by atoms with Crippen molar-refractivity contribution in [3.8, 4) is 0 Å². The summed E-state index contributed by atoms with van der Waals surface area (Å²) in [4.78, 5) is 25.0. The zero-order valence-electron chi connectivity index (χ0n) is 11.9. The van der Waals surface area contributed by atoms with Crippen LogP contribution in [-0.4, -0.2) is 41.5 Å². The number of carbonyl (C=O) groups is 2. The fraction of sp³-hybridized carbons (Fsp3) is 0.467. The van der Waals surface area contributed by atoms with Crippen LogP contribution in [0, 0.1) is 11.2 Å². The van der Waals surface area contributed by atoms with Crippen LogP contribution in [0.2, 0.25) is 0 Å². The Bertz CT molecular complexity index is 522. The number of nitrogens with one attached hydrogen (secondary N) is 1. The highest BCUT2D eigenvalue weighted by Crippen LogP contribution is 2.30. The molecule has 1 amide bonds. The predicted octanol–water partition coefficient (Wildman–Crippen LogP) is 1.95. The fourth-order valence-electron chi connectivity index (χ4n) is 2.36. The Kier molecular flexibility index (Phi) is 4.57. The van der Waals surface area contributed by atoms with E-state index < -0.39 is 11.4 Å². The SMILES string of the molecule is CC1(C(=O)O)CCN(CC(=O)Nc2ccc(F)cc2)CC1. The monoisotopic (exact) mass is 294 g/mol. The fourth-order valence-corrected chi connectivity index (χ4v) is 2.36. The van der Waals surface area contributed by atoms with E-state index in [-0.39, 0.29) is 18.3 Å². The van der Waals surface area contributed by atoms with Gasteiger partial charge in [-0.25, -0.2) is 4.39 Å². The second kappa shape index (κ2) is 6.22. The summed E-state index contributed by atoms with van der Waals surface area (Å²) < 4.78 is 12.8. The summed E-state index contributed by atoms with van der Waals surface area (Å²) >= 11 is 0. The van der Waals surface area contributed by atoms with E-state index in [2.05, 4.69) is 5.32 Å². The molecule has 1 aliphatic heterocycles. The van der Waals surface area contributed by atoms with Crippen molar-refractivity contribution >= 4 is 17.6 Å². The third-order valence-corrected chi connectivity index (χ3v) is 3.97. The average molecular weight is 294 g/mol. The zero-order chi connectivity index (χ0) is 15.5. The molecule has 1 aromatic carbocycles. The largest absolute Gasteiger partial charge is 0.481 e. The standard InChI is InChI=1S/C15H19FN2O3/c1-15(14(20)21)6-8-18(9-7-15)10-13(19)17-12-4-2-11(16)3-5-12/h2-5H,6-10H2,1H3,(H,17,19)(H,20,21). The molecule has 114 valence electrons. The molecule has 0 aliphatic carbocycles. The van der Waals surface area contributed by atoms with Gasteiger partial charge in [0.2, 0.25) is 5.91 Å². The minimum absolute atomic E-state index is 0.180. The Hall–Kier alpha value is -1.95. The van der Waals surface area contributed by atoms with Gasteiger partial charge in [-0.2, -0.15) is 0 Å². The molecular formula is C15H19FN2O3. The number of aliphatic carboxylic acids is 1. The molecule has 0 saturated carbocycles. The molecule has 21 heavy (non-hydrogen) atoms. The smallest absolute Gasteiger partial charge is 0.309 e. The summed E-state index contributed by atoms with van der Waals surface area (Å²) in [6.45, 7) is 3.12. The molecule has 1 aliphatic rings. The molecule has 0 atom stereocenters. The molecule has 0 spiro atoms. The first-order valence-corrected chi connectivity index (χ1v) is 6.90. The van der Waals surface area contributed by atoms with Gasteiger partial charge in [0.05, 0.1) is 12.0 Å². The lowest BCUT2D eigenvalue weighted by molar-refractivity contribution is -0.150. The summed E-state index contributed by atoms with van der Waals surface area (Å²) in [5, 5.41) is 11.9. The van der Waals surface area contributed by atoms with Gasteiger partial charge in [0, 0.05) is 5.69 Å². The molecule has 1 saturated heterocycles. The van der Waals surface area contributed by atoms with Crippen molar-refractivity contribution in [1.29, 1.82) is 0 Å². The molecule has 2 N–H and O–H groups in total. The Morgan fingerprint density at radius 1 is 1.29 bits per heavy atom. The van der Waals surface area contributed by atoms with E-state index in [0.29, 0.717) is 31.6 Å². The van der Waals surface area contributed by atoms with Crippen LogP contribution in [0.1, 0.15) is 19.8 Å². The summed E-state index contributed by atoms with van der Waals surface area (Å²) in [6.07, 6.45) is 1.07. The summed E-state index contributed by atoms with van der Waals surface area (Å²) in [5.74, 6) is -1.31. The van der Waals surface area contributed by atoms with Gasteiger partial charge in [0.15, 0.2) is 0 Å². The van der Waals surface area contributed by atoms with Crippen molar-refractivity contribution in [3.63, 3.8) is 0 Å². The van der Waals surface area contributed by atoms with Gasteiger partial charge in [-0.05, 0) is 57.1 Å². The number of anilines is 1. The van der Waals surface area contributed by atoms with Gasteiger partial charge in [-0.15, -0.1) is 0 Å². The lowest BCUT2D eigenvalue weighted by Crippen LogP contribution is -2.45. The highest BCUT2D eigenvalue weighted by atomic mass is 19.1. The van der Waals surface area contributed by atoms with Crippen molar-refractivity contribution in [3.05, 3.63) is 30.1 Å². The second-order valence-electron chi connectivity index (χ2n) is 5.70. The highest BCUT2D eigenvalue weighted by molar-refractivity contribution is 5.92. The van der Waals surface area contributed by atoms with Crippen molar-refractivity contribution in [2.24, 2.45) is 5.41 Å². The van der Waals surface area contributed by atoms with Gasteiger partial charge in [0.1, 0.15) is 5.82 Å². The first kappa shape index (κ1) is 15.4. The van der Waals surface area contributed by atoms with Crippen LogP contribution in [0.25, 0.3) is 0 Å². The molecule has 1 heterocycles. The molecule has 1 aromatic rings. The van der Waals surface area contributed by atoms with E-state index in [1.54, 1.807) is 6.92 Å². The van der Waals surface area contributed by atoms with Crippen LogP contribution in [0.3, 0.4) is 0 Å². The summed E-state index contributed by atoms with van der Waals surface area (Å²) in [5.41, 5.74) is -0.141. The first-order chi connectivity index (χ1) is 9.89. The van der Waals surface area contributed by atoms with Gasteiger partial charge in [-0.1, -0.05) is 0 Å². The highest BCUT2D eigenvalue weighted by Gasteiger charge is 2.37. The third-order valence-electron chi connectivity index (χ3n) is 3.97. The van der Waals surface area contributed by atoms with Gasteiger partial charge >= 0.3 is 5.97 Å². The number of halogens is 1. The number of hydrogen-bond acceptors (Lipinski definition) is 3. The number of hydrogen-bond donors (Lipinski definition) is 2. The minimum atomic E-state index is -0.780. The number of carboxylic acid groups (broad SMARTS) is 1. The maximum Gasteiger partial charge on any atom is 0.309 e. The van der Waals surface area contributed by atoms with Crippen LogP contribution in [0.15, 0.2) is 24.3 Å². The quantitative estimate of drug-likeness (QED) is 0.890. The number of amides is 1. The van der Waals surface area contributed by atoms with Crippen LogP contribution >= 0.6 is 0 Å². The number of carbonyl (C=O) groups excluding carboxylic acids is 1. The summed E-state index contributed by atoms with van der Waals surface area (Å²) in [7, 11) is 0. The normalized spacial score (nSPS) is 18.2. The molecule has 1 fully saturated rings. The third kappa shape index (κ3) is 4.01. The van der Waals surface area contributed by atoms with E-state index in [1.165, 1.54) is 24.3 Å². The van der Waals surface area contributed by atoms with Gasteiger partial charge in [0.25, 0.3) is 0 Å². The Morgan fingerprint density at radius 3 is 2.38 bits per heavy atom. The Labute approximate surface area is 122 Å². The number of likely N-dealkylation sites (tertiary alicyclic amines) is 1. The van der Waals surface area contributed by atoms with E-state index >= 15 is 0 Å². The van der Waals surface area contributed by atoms with E-state index in [4.69, 9.17) is 5.11 Å². The second-order valence-corrected chi connectivity index (χ2v) is 5.70. The number of rotatable bonds is 4. The number of nitrogens with zero attached hydrogens (tertiary/aromatic N) is 1. The number of piperidine rings is 1. The van der Waals surface area contributed by atoms with Crippen molar-refractivity contribution in [2.75, 3.05) is 25.0 Å². The minimum Gasteiger partial charge on any atom is -0.481 e. The van der Waals surface area contributed by atoms with E-state index in [9.17, 15) is 14.0 Å². The van der Waals surface area contributed by atoms with Crippen LogP contribution in [0.5, 0.6) is 0 Å². The van der Waals surface area contributed by atoms with Crippen molar-refractivity contribution in [2.45, 2.75) is 19.8 Å². The zero-order valence-corrected chi connectivity index (χ0v) is 11.9. The topological polar surface area (TPSA) is 69.6 Å². The lowest BCUT2D eigenvalue weighted by atomic mass is 9.80. The Balaban J connectivity index is 1.82. The molecule has 0 bridgehead atoms. The van der Waals surface area contributed by atoms with E-state index in [0.717, 1.165) is 0 Å². The lowest BCUT2D eigenvalue weighted by Gasteiger charge is -2.35. The number of benzene rings is 1. The van der Waals surface area contributed by atoms with Crippen molar-refractivity contribution in [1.82, 2.24) is 4.90 Å². The van der Waals surface area contributed by atoms with Crippen LogP contribution < -0.4 is 5.32 Å². The molecule has 0 radical (unpaired) electrons.